The molecule has 2 spiro atoms. The fraction of sp³-hybridized carbons (Fsp3) is 0.0270. The molecular formula is C74H46N2OS. The third-order valence-corrected chi connectivity index (χ3v) is 18.5. The molecule has 364 valence electrons. The summed E-state index contributed by atoms with van der Waals surface area (Å²) in [5, 5.41) is 2.49. The second-order valence-electron chi connectivity index (χ2n) is 21.0. The first kappa shape index (κ1) is 43.6. The van der Waals surface area contributed by atoms with Crippen LogP contribution in [0, 0.1) is 0 Å². The molecule has 3 nitrogen and oxygen atoms in total. The van der Waals surface area contributed by atoms with E-state index in [1.165, 1.54) is 92.8 Å². The summed E-state index contributed by atoms with van der Waals surface area (Å²) in [4.78, 5) is 5.08. The van der Waals surface area contributed by atoms with Crippen molar-refractivity contribution in [3.05, 3.63) is 324 Å². The van der Waals surface area contributed by atoms with Crippen molar-refractivity contribution in [3.8, 4) is 50.6 Å². The predicted molar refractivity (Wildman–Crippen MR) is 320 cm³/mol. The van der Waals surface area contributed by atoms with Crippen molar-refractivity contribution < 1.29 is 4.74 Å². The Morgan fingerprint density at radius 1 is 0.308 bits per heavy atom. The fourth-order valence-electron chi connectivity index (χ4n) is 14.2. The number of hydrogen-bond donors (Lipinski definition) is 0. The minimum Gasteiger partial charge on any atom is -0.457 e. The van der Waals surface area contributed by atoms with Gasteiger partial charge in [0.2, 0.25) is 0 Å². The van der Waals surface area contributed by atoms with E-state index < -0.39 is 10.8 Å². The average Bonchev–Trinajstić information content (AvgIpc) is 4.29. The summed E-state index contributed by atoms with van der Waals surface area (Å²) in [5.41, 5.74) is 23.0. The molecule has 1 aromatic heterocycles. The quantitative estimate of drug-likeness (QED) is 0.171. The third kappa shape index (κ3) is 5.84. The van der Waals surface area contributed by atoms with Gasteiger partial charge in [0.15, 0.2) is 0 Å². The van der Waals surface area contributed by atoms with Crippen molar-refractivity contribution >= 4 is 50.6 Å². The first-order valence-corrected chi connectivity index (χ1v) is 27.7. The van der Waals surface area contributed by atoms with Crippen molar-refractivity contribution in [3.63, 3.8) is 0 Å². The molecule has 0 amide bonds. The number of para-hydroxylation sites is 4. The van der Waals surface area contributed by atoms with Crippen molar-refractivity contribution in [1.82, 2.24) is 4.57 Å². The van der Waals surface area contributed by atoms with Crippen LogP contribution < -0.4 is 9.64 Å². The van der Waals surface area contributed by atoms with Gasteiger partial charge in [-0.1, -0.05) is 206 Å². The molecule has 2 aliphatic heterocycles. The lowest BCUT2D eigenvalue weighted by Gasteiger charge is -2.40. The molecule has 4 aliphatic rings. The molecule has 17 rings (SSSR count). The highest BCUT2D eigenvalue weighted by Gasteiger charge is 2.52. The Bertz CT molecular complexity index is 4360. The van der Waals surface area contributed by atoms with Gasteiger partial charge in [-0.3, -0.25) is 0 Å². The Morgan fingerprint density at radius 3 is 1.37 bits per heavy atom. The van der Waals surface area contributed by atoms with Gasteiger partial charge in [-0.25, -0.2) is 0 Å². The molecule has 13 aromatic rings. The van der Waals surface area contributed by atoms with Gasteiger partial charge in [-0.2, -0.15) is 0 Å². The van der Waals surface area contributed by atoms with Crippen LogP contribution in [0.1, 0.15) is 44.5 Å². The first-order valence-electron chi connectivity index (χ1n) is 26.9. The van der Waals surface area contributed by atoms with Crippen LogP contribution in [-0.4, -0.2) is 4.57 Å². The number of ether oxygens (including phenoxy) is 1. The highest BCUT2D eigenvalue weighted by Crippen LogP contribution is 2.65. The van der Waals surface area contributed by atoms with Crippen LogP contribution in [0.3, 0.4) is 0 Å². The molecule has 12 aromatic carbocycles. The second kappa shape index (κ2) is 16.4. The molecule has 78 heavy (non-hydrogen) atoms. The number of nitrogens with zero attached hydrogens (tertiary/aromatic N) is 2. The first-order chi connectivity index (χ1) is 38.7. The molecule has 0 saturated heterocycles. The monoisotopic (exact) mass is 1010 g/mol. The van der Waals surface area contributed by atoms with Gasteiger partial charge < -0.3 is 14.2 Å². The lowest BCUT2D eigenvalue weighted by molar-refractivity contribution is 0.436. The number of aromatic nitrogens is 1. The Hall–Kier alpha value is -9.61. The molecule has 3 heterocycles. The molecule has 0 saturated carbocycles. The summed E-state index contributed by atoms with van der Waals surface area (Å²) in [7, 11) is 0. The van der Waals surface area contributed by atoms with E-state index in [2.05, 4.69) is 289 Å². The lowest BCUT2D eigenvalue weighted by atomic mass is 9.66. The molecule has 0 N–H and O–H groups in total. The topological polar surface area (TPSA) is 17.4 Å². The zero-order valence-electron chi connectivity index (χ0n) is 42.3. The summed E-state index contributed by atoms with van der Waals surface area (Å²) >= 11 is 1.88. The van der Waals surface area contributed by atoms with Gasteiger partial charge in [0, 0.05) is 54.4 Å². The van der Waals surface area contributed by atoms with E-state index in [9.17, 15) is 0 Å². The van der Waals surface area contributed by atoms with E-state index in [1.807, 2.05) is 11.8 Å². The smallest absolute Gasteiger partial charge is 0.132 e. The summed E-state index contributed by atoms with van der Waals surface area (Å²) in [5.74, 6) is 1.77. The van der Waals surface area contributed by atoms with E-state index in [0.29, 0.717) is 0 Å². The van der Waals surface area contributed by atoms with Gasteiger partial charge in [0.05, 0.1) is 21.9 Å². The van der Waals surface area contributed by atoms with Gasteiger partial charge in [-0.05, 0) is 152 Å². The largest absolute Gasteiger partial charge is 0.457 e. The Morgan fingerprint density at radius 2 is 0.756 bits per heavy atom. The van der Waals surface area contributed by atoms with Crippen molar-refractivity contribution in [2.45, 2.75) is 20.6 Å². The Kier molecular flexibility index (Phi) is 9.20. The van der Waals surface area contributed by atoms with Crippen LogP contribution in [0.4, 0.5) is 17.1 Å². The number of hydrogen-bond acceptors (Lipinski definition) is 3. The van der Waals surface area contributed by atoms with E-state index in [-0.39, 0.29) is 0 Å². The van der Waals surface area contributed by atoms with Crippen LogP contribution in [0.2, 0.25) is 0 Å². The standard InChI is InChI=1S/C74H46N2OS/c1-2-18-49(19-3-1)76-67-29-13-6-22-57(67)58-41-36-48(44-68(58)76)47-34-37-50(38-35-47)75(51-39-42-55-53-20-4-7-23-59(53)73(65(55)45-51)61-25-9-14-30-69(61)77-70-31-15-10-26-62(70)73)52-40-43-56-54-21-5-8-24-60(54)74(66(56)46-52)63-27-11-16-32-71(63)78-72-33-17-12-28-64(72)74/h1-46H. The molecule has 4 heteroatoms. The summed E-state index contributed by atoms with van der Waals surface area (Å²) in [6, 6.07) is 104. The summed E-state index contributed by atoms with van der Waals surface area (Å²) < 4.78 is 9.19. The highest BCUT2D eigenvalue weighted by molar-refractivity contribution is 7.99. The van der Waals surface area contributed by atoms with Gasteiger partial charge in [0.25, 0.3) is 0 Å². The minimum atomic E-state index is -0.624. The maximum absolute atomic E-state index is 6.79. The average molecular weight is 1010 g/mol. The van der Waals surface area contributed by atoms with Crippen LogP contribution in [0.5, 0.6) is 11.5 Å². The van der Waals surface area contributed by atoms with E-state index in [4.69, 9.17) is 4.74 Å². The Labute approximate surface area is 456 Å². The van der Waals surface area contributed by atoms with E-state index in [0.717, 1.165) is 50.9 Å². The number of benzene rings is 12. The molecule has 0 fully saturated rings. The van der Waals surface area contributed by atoms with Crippen LogP contribution in [0.25, 0.3) is 60.9 Å². The fourth-order valence-corrected chi connectivity index (χ4v) is 15.4. The van der Waals surface area contributed by atoms with Crippen LogP contribution in [-0.2, 0) is 10.8 Å². The third-order valence-electron chi connectivity index (χ3n) is 17.3. The van der Waals surface area contributed by atoms with E-state index >= 15 is 0 Å². The number of rotatable bonds is 5. The number of fused-ring (bicyclic) bond motifs is 21. The summed E-state index contributed by atoms with van der Waals surface area (Å²) in [6.07, 6.45) is 0. The molecule has 0 unspecified atom stereocenters. The maximum atomic E-state index is 6.79. The second-order valence-corrected chi connectivity index (χ2v) is 22.1. The van der Waals surface area contributed by atoms with Crippen LogP contribution in [0.15, 0.2) is 289 Å². The molecule has 0 atom stereocenters. The lowest BCUT2D eigenvalue weighted by Crippen LogP contribution is -2.32. The van der Waals surface area contributed by atoms with Crippen molar-refractivity contribution in [2.75, 3.05) is 4.90 Å². The predicted octanol–water partition coefficient (Wildman–Crippen LogP) is 19.2. The highest BCUT2D eigenvalue weighted by atomic mass is 32.2. The van der Waals surface area contributed by atoms with Gasteiger partial charge >= 0.3 is 0 Å². The zero-order valence-corrected chi connectivity index (χ0v) is 43.1. The van der Waals surface area contributed by atoms with Crippen molar-refractivity contribution in [1.29, 1.82) is 0 Å². The molecule has 2 aliphatic carbocycles. The minimum absolute atomic E-state index is 0.532. The SMILES string of the molecule is c1ccc(-n2c3ccccc3c3ccc(-c4ccc(N(c5ccc6c(c5)C5(c7ccccc7Oc7ccccc75)c5ccccc5-6)c5ccc6c(c5)C5(c7ccccc7Sc7ccccc75)c5ccccc5-6)cc4)cc32)cc1. The van der Waals surface area contributed by atoms with Gasteiger partial charge in [0.1, 0.15) is 11.5 Å². The van der Waals surface area contributed by atoms with Crippen molar-refractivity contribution in [2.24, 2.45) is 0 Å². The number of anilines is 3. The molecule has 0 radical (unpaired) electrons. The normalized spacial score (nSPS) is 14.2. The zero-order chi connectivity index (χ0) is 51.1. The molecule has 0 bridgehead atoms. The molecular weight excluding hydrogens is 965 g/mol. The van der Waals surface area contributed by atoms with Gasteiger partial charge in [-0.15, -0.1) is 0 Å². The summed E-state index contributed by atoms with van der Waals surface area (Å²) in [6.45, 7) is 0. The maximum Gasteiger partial charge on any atom is 0.132 e. The van der Waals surface area contributed by atoms with Crippen LogP contribution >= 0.6 is 11.8 Å². The van der Waals surface area contributed by atoms with E-state index in [1.54, 1.807) is 0 Å². The Balaban J connectivity index is 0.899.